The number of amides is 3. The van der Waals surface area contributed by atoms with E-state index in [4.69, 9.17) is 11.8 Å². The zero-order chi connectivity index (χ0) is 17.6. The Balaban J connectivity index is 1.62. The van der Waals surface area contributed by atoms with Crippen LogP contribution in [0.5, 0.6) is 0 Å². The van der Waals surface area contributed by atoms with Crippen molar-refractivity contribution in [3.8, 4) is 0 Å². The molecule has 0 N–H and O–H groups in total. The zero-order valence-electron chi connectivity index (χ0n) is 13.6. The summed E-state index contributed by atoms with van der Waals surface area (Å²) in [4.78, 5) is 27.0. The lowest BCUT2D eigenvalue weighted by molar-refractivity contribution is -0.132. The molecule has 0 atom stereocenters. The summed E-state index contributed by atoms with van der Waals surface area (Å²) in [6.07, 6.45) is 2.67. The molecule has 0 aromatic heterocycles. The Hall–Kier alpha value is -2.59. The summed E-state index contributed by atoms with van der Waals surface area (Å²) in [5, 5.41) is 0. The number of hydrogen-bond acceptors (Lipinski definition) is 2. The highest BCUT2D eigenvalue weighted by Crippen LogP contribution is 2.42. The third kappa shape index (κ3) is 2.36. The van der Waals surface area contributed by atoms with Crippen LogP contribution < -0.4 is 0 Å². The number of hydrogen-bond donors (Lipinski definition) is 0. The summed E-state index contributed by atoms with van der Waals surface area (Å²) in [6.45, 7) is 3.94. The number of benzene rings is 2. The molecule has 3 amide bonds. The minimum atomic E-state index is -0.997. The molecule has 4 nitrogen and oxygen atoms in total. The molecule has 0 saturated carbocycles. The lowest BCUT2D eigenvalue weighted by Crippen LogP contribution is -2.46. The Morgan fingerprint density at radius 3 is 2.20 bits per heavy atom. The number of carbonyl (C=O) groups excluding carboxylic acids is 2. The second kappa shape index (κ2) is 5.74. The highest BCUT2D eigenvalue weighted by atomic mass is 35.5. The fourth-order valence-electron chi connectivity index (χ4n) is 3.68. The topological polar surface area (TPSA) is 40.6 Å². The van der Waals surface area contributed by atoms with Crippen molar-refractivity contribution in [1.82, 2.24) is 9.32 Å². The number of urea groups is 1. The van der Waals surface area contributed by atoms with E-state index in [1.54, 1.807) is 6.08 Å². The van der Waals surface area contributed by atoms with Gasteiger partial charge in [-0.3, -0.25) is 9.69 Å². The maximum Gasteiger partial charge on any atom is 0.342 e. The summed E-state index contributed by atoms with van der Waals surface area (Å²) in [5.41, 5.74) is 3.02. The molecular formula is C20H17ClN2O2. The van der Waals surface area contributed by atoms with Crippen LogP contribution in [0.4, 0.5) is 4.79 Å². The molecular weight excluding hydrogens is 336 g/mol. The smallest absolute Gasteiger partial charge is 0.272 e. The molecule has 1 saturated heterocycles. The Morgan fingerprint density at radius 1 is 1.04 bits per heavy atom. The van der Waals surface area contributed by atoms with Gasteiger partial charge in [0.15, 0.2) is 0 Å². The van der Waals surface area contributed by atoms with Gasteiger partial charge in [0.1, 0.15) is 5.54 Å². The van der Waals surface area contributed by atoms with Gasteiger partial charge in [-0.15, -0.1) is 0 Å². The number of carbonyl (C=O) groups is 2. The van der Waals surface area contributed by atoms with Gasteiger partial charge in [0.2, 0.25) is 0 Å². The number of halogens is 1. The van der Waals surface area contributed by atoms with Gasteiger partial charge < -0.3 is 0 Å². The van der Waals surface area contributed by atoms with Gasteiger partial charge in [-0.05, 0) is 22.3 Å². The van der Waals surface area contributed by atoms with E-state index in [-0.39, 0.29) is 12.5 Å². The molecule has 0 bridgehead atoms. The molecule has 0 radical (unpaired) electrons. The quantitative estimate of drug-likeness (QED) is 0.623. The normalized spacial score (nSPS) is 18.1. The van der Waals surface area contributed by atoms with Crippen molar-refractivity contribution >= 4 is 29.8 Å². The Bertz CT molecular complexity index is 851. The van der Waals surface area contributed by atoms with Crippen molar-refractivity contribution in [2.24, 2.45) is 0 Å². The molecule has 1 heterocycles. The monoisotopic (exact) mass is 352 g/mol. The van der Waals surface area contributed by atoms with Gasteiger partial charge in [0.05, 0.1) is 6.54 Å². The molecule has 25 heavy (non-hydrogen) atoms. The first kappa shape index (κ1) is 15.9. The molecule has 0 unspecified atom stereocenters. The van der Waals surface area contributed by atoms with E-state index in [0.29, 0.717) is 12.8 Å². The fourth-order valence-corrected chi connectivity index (χ4v) is 3.96. The van der Waals surface area contributed by atoms with E-state index in [1.807, 2.05) is 48.5 Å². The van der Waals surface area contributed by atoms with Crippen LogP contribution in [0, 0.1) is 0 Å². The summed E-state index contributed by atoms with van der Waals surface area (Å²) in [7, 11) is 0. The Kier molecular flexibility index (Phi) is 3.65. The van der Waals surface area contributed by atoms with E-state index in [9.17, 15) is 9.59 Å². The predicted molar refractivity (Wildman–Crippen MR) is 96.8 cm³/mol. The molecule has 1 aliphatic heterocycles. The molecule has 1 aliphatic carbocycles. The van der Waals surface area contributed by atoms with E-state index >= 15 is 0 Å². The second-order valence-electron chi connectivity index (χ2n) is 6.55. The van der Waals surface area contributed by atoms with Gasteiger partial charge in [-0.1, -0.05) is 61.2 Å². The second-order valence-corrected chi connectivity index (χ2v) is 6.89. The first-order valence-corrected chi connectivity index (χ1v) is 8.49. The molecule has 4 rings (SSSR count). The molecule has 2 aliphatic rings. The number of fused-ring (bicyclic) bond motifs is 1. The number of imide groups is 1. The van der Waals surface area contributed by atoms with Crippen molar-refractivity contribution in [1.29, 1.82) is 0 Å². The van der Waals surface area contributed by atoms with Crippen LogP contribution in [0.2, 0.25) is 0 Å². The SMILES string of the molecule is C=Cc1ccc(CN2C(=O)N(Cl)C3(Cc4ccccc4C3)C2=O)cc1. The fraction of sp³-hybridized carbons (Fsp3) is 0.200. The van der Waals surface area contributed by atoms with E-state index in [1.165, 1.54) is 4.90 Å². The van der Waals surface area contributed by atoms with Gasteiger partial charge in [0, 0.05) is 24.6 Å². The van der Waals surface area contributed by atoms with Crippen molar-refractivity contribution < 1.29 is 9.59 Å². The highest BCUT2D eigenvalue weighted by molar-refractivity contribution is 6.28. The van der Waals surface area contributed by atoms with Gasteiger partial charge in [-0.25, -0.2) is 9.21 Å². The van der Waals surface area contributed by atoms with Crippen LogP contribution in [0.15, 0.2) is 55.1 Å². The summed E-state index contributed by atoms with van der Waals surface area (Å²) in [6, 6.07) is 15.0. The first-order valence-electron chi connectivity index (χ1n) is 8.15. The average Bonchev–Trinajstić information content (AvgIpc) is 3.11. The molecule has 1 spiro atoms. The minimum Gasteiger partial charge on any atom is -0.272 e. The average molecular weight is 353 g/mol. The van der Waals surface area contributed by atoms with E-state index in [0.717, 1.165) is 26.7 Å². The van der Waals surface area contributed by atoms with Crippen LogP contribution in [-0.4, -0.2) is 26.8 Å². The predicted octanol–water partition coefficient (Wildman–Crippen LogP) is 3.79. The standard InChI is InChI=1S/C20H17ClN2O2/c1-2-14-7-9-15(10-8-14)13-22-18(24)20(23(21)19(22)25)11-16-5-3-4-6-17(16)12-20/h2-10H,1,11-13H2. The molecule has 2 aromatic rings. The Labute approximate surface area is 151 Å². The van der Waals surface area contributed by atoms with Crippen LogP contribution in [-0.2, 0) is 24.2 Å². The largest absolute Gasteiger partial charge is 0.342 e. The number of rotatable bonds is 3. The van der Waals surface area contributed by atoms with Crippen LogP contribution >= 0.6 is 11.8 Å². The van der Waals surface area contributed by atoms with Gasteiger partial charge in [0.25, 0.3) is 5.91 Å². The summed E-state index contributed by atoms with van der Waals surface area (Å²) in [5.74, 6) is -0.225. The molecule has 2 aromatic carbocycles. The maximum absolute atomic E-state index is 13.1. The molecule has 126 valence electrons. The molecule has 5 heteroatoms. The Morgan fingerprint density at radius 2 is 1.64 bits per heavy atom. The van der Waals surface area contributed by atoms with Gasteiger partial charge >= 0.3 is 6.03 Å². The number of nitrogens with zero attached hydrogens (tertiary/aromatic N) is 2. The highest BCUT2D eigenvalue weighted by Gasteiger charge is 2.59. The van der Waals surface area contributed by atoms with Crippen LogP contribution in [0.25, 0.3) is 6.08 Å². The minimum absolute atomic E-state index is 0.219. The first-order chi connectivity index (χ1) is 12.0. The van der Waals surface area contributed by atoms with Crippen molar-refractivity contribution in [3.63, 3.8) is 0 Å². The van der Waals surface area contributed by atoms with Crippen molar-refractivity contribution in [2.45, 2.75) is 24.9 Å². The van der Waals surface area contributed by atoms with Crippen LogP contribution in [0.1, 0.15) is 22.3 Å². The van der Waals surface area contributed by atoms with E-state index < -0.39 is 11.6 Å². The summed E-state index contributed by atoms with van der Waals surface area (Å²) < 4.78 is 1.10. The van der Waals surface area contributed by atoms with Gasteiger partial charge in [-0.2, -0.15) is 0 Å². The lowest BCUT2D eigenvalue weighted by Gasteiger charge is -2.24. The van der Waals surface area contributed by atoms with Crippen molar-refractivity contribution in [2.75, 3.05) is 0 Å². The molecule has 1 fully saturated rings. The lowest BCUT2D eigenvalue weighted by atomic mass is 9.95. The zero-order valence-corrected chi connectivity index (χ0v) is 14.4. The van der Waals surface area contributed by atoms with E-state index in [2.05, 4.69) is 6.58 Å². The summed E-state index contributed by atoms with van der Waals surface area (Å²) >= 11 is 6.33. The third-order valence-electron chi connectivity index (χ3n) is 5.06. The third-order valence-corrected chi connectivity index (χ3v) is 5.53. The van der Waals surface area contributed by atoms with Crippen LogP contribution in [0.3, 0.4) is 0 Å². The van der Waals surface area contributed by atoms with Crippen molar-refractivity contribution in [3.05, 3.63) is 77.4 Å². The maximum atomic E-state index is 13.1.